The normalized spacial score (nSPS) is 10.6. The van der Waals surface area contributed by atoms with Crippen LogP contribution in [0.2, 0.25) is 0 Å². The smallest absolute Gasteiger partial charge is 0.125 e. The lowest BCUT2D eigenvalue weighted by Gasteiger charge is -2.15. The van der Waals surface area contributed by atoms with Crippen LogP contribution in [0.5, 0.6) is 5.75 Å². The summed E-state index contributed by atoms with van der Waals surface area (Å²) in [6.45, 7) is 4.40. The van der Waals surface area contributed by atoms with Crippen LogP contribution in [-0.2, 0) is 6.42 Å². The Morgan fingerprint density at radius 3 is 2.57 bits per heavy atom. The van der Waals surface area contributed by atoms with E-state index in [2.05, 4.69) is 54.6 Å². The number of hydrogen-bond acceptors (Lipinski definition) is 1. The molecule has 1 rings (SSSR count). The lowest BCUT2D eigenvalue weighted by Crippen LogP contribution is -1.99. The third-order valence-corrected chi connectivity index (χ3v) is 2.86. The van der Waals surface area contributed by atoms with Gasteiger partial charge >= 0.3 is 0 Å². The molecule has 0 spiro atoms. The largest absolute Gasteiger partial charge is 0.496 e. The Balaban J connectivity index is 3.11. The molecule has 0 bridgehead atoms. The highest BCUT2D eigenvalue weighted by atomic mass is 127. The molecule has 1 aromatic carbocycles. The van der Waals surface area contributed by atoms with Gasteiger partial charge in [-0.05, 0) is 23.5 Å². The number of hydrogen-bond donors (Lipinski definition) is 0. The summed E-state index contributed by atoms with van der Waals surface area (Å²) in [6, 6.07) is 6.43. The van der Waals surface area contributed by atoms with Crippen LogP contribution < -0.4 is 4.74 Å². The van der Waals surface area contributed by atoms with E-state index in [1.807, 2.05) is 0 Å². The zero-order valence-electron chi connectivity index (χ0n) is 9.01. The second-order valence-corrected chi connectivity index (χ2v) is 4.71. The predicted molar refractivity (Wildman–Crippen MR) is 69.7 cm³/mol. The average Bonchev–Trinajstić information content (AvgIpc) is 2.18. The Morgan fingerprint density at radius 2 is 2.07 bits per heavy atom. The van der Waals surface area contributed by atoms with Gasteiger partial charge in [0.15, 0.2) is 0 Å². The fourth-order valence-electron chi connectivity index (χ4n) is 1.61. The maximum absolute atomic E-state index is 5.49. The van der Waals surface area contributed by atoms with Gasteiger partial charge in [0.25, 0.3) is 0 Å². The molecule has 1 aromatic rings. The lowest BCUT2D eigenvalue weighted by atomic mass is 9.98. The molecule has 14 heavy (non-hydrogen) atoms. The van der Waals surface area contributed by atoms with Gasteiger partial charge in [-0.1, -0.05) is 54.6 Å². The van der Waals surface area contributed by atoms with Crippen LogP contribution in [-0.4, -0.2) is 11.5 Å². The van der Waals surface area contributed by atoms with E-state index in [1.54, 1.807) is 7.11 Å². The standard InChI is InChI=1S/C12H17IO/c1-9(2)11-6-4-5-10(7-8-13)12(11)14-3/h4-6,9H,7-8H2,1-3H3. The molecule has 1 nitrogen and oxygen atoms in total. The molecule has 0 aliphatic heterocycles. The first-order valence-electron chi connectivity index (χ1n) is 4.92. The number of rotatable bonds is 4. The van der Waals surface area contributed by atoms with Crippen molar-refractivity contribution in [3.63, 3.8) is 0 Å². The molecule has 0 radical (unpaired) electrons. The summed E-state index contributed by atoms with van der Waals surface area (Å²) in [5.74, 6) is 1.61. The van der Waals surface area contributed by atoms with Crippen LogP contribution >= 0.6 is 22.6 Å². The Bertz CT molecular complexity index is 294. The van der Waals surface area contributed by atoms with Crippen molar-refractivity contribution in [3.8, 4) is 5.75 Å². The summed E-state index contributed by atoms with van der Waals surface area (Å²) in [6.07, 6.45) is 1.09. The Hall–Kier alpha value is -0.250. The number of ether oxygens (including phenoxy) is 1. The fraction of sp³-hybridized carbons (Fsp3) is 0.500. The molecule has 0 N–H and O–H groups in total. The minimum Gasteiger partial charge on any atom is -0.496 e. The van der Waals surface area contributed by atoms with Crippen molar-refractivity contribution in [2.45, 2.75) is 26.2 Å². The third kappa shape index (κ3) is 2.62. The minimum atomic E-state index is 0.527. The van der Waals surface area contributed by atoms with E-state index in [9.17, 15) is 0 Å². The number of halogens is 1. The highest BCUT2D eigenvalue weighted by molar-refractivity contribution is 14.1. The van der Waals surface area contributed by atoms with Gasteiger partial charge in [0.05, 0.1) is 7.11 Å². The zero-order valence-corrected chi connectivity index (χ0v) is 11.2. The van der Waals surface area contributed by atoms with Crippen LogP contribution in [0.4, 0.5) is 0 Å². The fourth-order valence-corrected chi connectivity index (χ4v) is 2.19. The van der Waals surface area contributed by atoms with Crippen LogP contribution in [0.15, 0.2) is 18.2 Å². The average molecular weight is 304 g/mol. The molecular formula is C12H17IO. The summed E-state index contributed by atoms with van der Waals surface area (Å²) in [5, 5.41) is 0. The molecule has 0 aliphatic rings. The van der Waals surface area contributed by atoms with Gasteiger partial charge in [0.2, 0.25) is 0 Å². The molecule has 78 valence electrons. The van der Waals surface area contributed by atoms with Gasteiger partial charge in [0.1, 0.15) is 5.75 Å². The number of para-hydroxylation sites is 1. The molecular weight excluding hydrogens is 287 g/mol. The summed E-state index contributed by atoms with van der Waals surface area (Å²) >= 11 is 2.40. The monoisotopic (exact) mass is 304 g/mol. The van der Waals surface area contributed by atoms with Crippen LogP contribution in [0.1, 0.15) is 30.9 Å². The van der Waals surface area contributed by atoms with Crippen molar-refractivity contribution in [3.05, 3.63) is 29.3 Å². The Morgan fingerprint density at radius 1 is 1.36 bits per heavy atom. The van der Waals surface area contributed by atoms with E-state index in [0.29, 0.717) is 5.92 Å². The zero-order chi connectivity index (χ0) is 10.6. The molecule has 0 fully saturated rings. The van der Waals surface area contributed by atoms with Gasteiger partial charge in [-0.25, -0.2) is 0 Å². The summed E-state index contributed by atoms with van der Waals surface area (Å²) in [4.78, 5) is 0. The molecule has 0 atom stereocenters. The molecule has 0 amide bonds. The SMILES string of the molecule is COc1c(CCI)cccc1C(C)C. The van der Waals surface area contributed by atoms with Crippen molar-refractivity contribution >= 4 is 22.6 Å². The maximum Gasteiger partial charge on any atom is 0.125 e. The van der Waals surface area contributed by atoms with Gasteiger partial charge < -0.3 is 4.74 Å². The quantitative estimate of drug-likeness (QED) is 0.607. The van der Waals surface area contributed by atoms with Crippen molar-refractivity contribution in [1.29, 1.82) is 0 Å². The van der Waals surface area contributed by atoms with E-state index in [0.717, 1.165) is 16.6 Å². The number of aryl methyl sites for hydroxylation is 1. The van der Waals surface area contributed by atoms with E-state index >= 15 is 0 Å². The summed E-state index contributed by atoms with van der Waals surface area (Å²) < 4.78 is 6.62. The summed E-state index contributed by atoms with van der Waals surface area (Å²) in [5.41, 5.74) is 2.64. The molecule has 0 saturated carbocycles. The van der Waals surface area contributed by atoms with E-state index < -0.39 is 0 Å². The highest BCUT2D eigenvalue weighted by Crippen LogP contribution is 2.30. The second kappa shape index (κ2) is 5.59. The second-order valence-electron chi connectivity index (χ2n) is 3.63. The molecule has 0 heterocycles. The molecule has 2 heteroatoms. The van der Waals surface area contributed by atoms with Gasteiger partial charge in [-0.2, -0.15) is 0 Å². The van der Waals surface area contributed by atoms with Gasteiger partial charge in [-0.15, -0.1) is 0 Å². The number of benzene rings is 1. The van der Waals surface area contributed by atoms with Crippen LogP contribution in [0.3, 0.4) is 0 Å². The maximum atomic E-state index is 5.49. The first-order chi connectivity index (χ1) is 6.70. The van der Waals surface area contributed by atoms with Crippen LogP contribution in [0.25, 0.3) is 0 Å². The van der Waals surface area contributed by atoms with Gasteiger partial charge in [-0.3, -0.25) is 0 Å². The lowest BCUT2D eigenvalue weighted by molar-refractivity contribution is 0.403. The van der Waals surface area contributed by atoms with Crippen molar-refractivity contribution < 1.29 is 4.74 Å². The molecule has 0 saturated heterocycles. The van der Waals surface area contributed by atoms with Gasteiger partial charge in [0, 0.05) is 4.43 Å². The van der Waals surface area contributed by atoms with Crippen molar-refractivity contribution in [1.82, 2.24) is 0 Å². The topological polar surface area (TPSA) is 9.23 Å². The van der Waals surface area contributed by atoms with E-state index in [4.69, 9.17) is 4.74 Å². The Kier molecular flexibility index (Phi) is 4.72. The number of alkyl halides is 1. The molecule has 0 aromatic heterocycles. The molecule has 0 aliphatic carbocycles. The first-order valence-corrected chi connectivity index (χ1v) is 6.45. The first kappa shape index (κ1) is 11.8. The predicted octanol–water partition coefficient (Wildman–Crippen LogP) is 3.80. The van der Waals surface area contributed by atoms with E-state index in [-0.39, 0.29) is 0 Å². The summed E-state index contributed by atoms with van der Waals surface area (Å²) in [7, 11) is 1.76. The minimum absolute atomic E-state index is 0.527. The van der Waals surface area contributed by atoms with Crippen molar-refractivity contribution in [2.24, 2.45) is 0 Å². The van der Waals surface area contributed by atoms with Crippen molar-refractivity contribution in [2.75, 3.05) is 11.5 Å². The third-order valence-electron chi connectivity index (χ3n) is 2.32. The number of methoxy groups -OCH3 is 1. The highest BCUT2D eigenvalue weighted by Gasteiger charge is 2.10. The Labute approximate surface area is 100.0 Å². The van der Waals surface area contributed by atoms with E-state index in [1.165, 1.54) is 11.1 Å². The van der Waals surface area contributed by atoms with Crippen LogP contribution in [0, 0.1) is 0 Å². The molecule has 0 unspecified atom stereocenters.